The molecule has 2 rings (SSSR count). The highest BCUT2D eigenvalue weighted by Crippen LogP contribution is 2.15. The molecule has 0 unspecified atom stereocenters. The van der Waals surface area contributed by atoms with Crippen LogP contribution >= 0.6 is 0 Å². The highest BCUT2D eigenvalue weighted by molar-refractivity contribution is 5.94. The van der Waals surface area contributed by atoms with Gasteiger partial charge in [-0.2, -0.15) is 0 Å². The number of nitrogens with one attached hydrogen (secondary N) is 1. The molecule has 0 aliphatic rings. The predicted molar refractivity (Wildman–Crippen MR) is 119 cm³/mol. The Morgan fingerprint density at radius 3 is 2.60 bits per heavy atom. The number of halogens is 1. The molecule has 2 aromatic rings. The maximum atomic E-state index is 13.6. The molecule has 0 bridgehead atoms. The van der Waals surface area contributed by atoms with Crippen LogP contribution in [0.3, 0.4) is 0 Å². The molecule has 0 aliphatic heterocycles. The molecule has 0 heterocycles. The van der Waals surface area contributed by atoms with Gasteiger partial charge in [0.2, 0.25) is 0 Å². The summed E-state index contributed by atoms with van der Waals surface area (Å²) in [5, 5.41) is 3.26. The largest absolute Gasteiger partial charge is 0.489 e. The van der Waals surface area contributed by atoms with Crippen LogP contribution in [0.2, 0.25) is 0 Å². The Balaban J connectivity index is 1.91. The molecule has 162 valence electrons. The van der Waals surface area contributed by atoms with Crippen LogP contribution in [0.25, 0.3) is 0 Å². The van der Waals surface area contributed by atoms with Crippen molar-refractivity contribution in [1.82, 2.24) is 15.1 Å². The van der Waals surface area contributed by atoms with Crippen LogP contribution in [0.1, 0.15) is 22.8 Å². The summed E-state index contributed by atoms with van der Waals surface area (Å²) in [5.74, 6) is 0.633. The number of benzene rings is 2. The monoisotopic (exact) mass is 414 g/mol. The van der Waals surface area contributed by atoms with Gasteiger partial charge in [0.15, 0.2) is 17.5 Å². The van der Waals surface area contributed by atoms with Gasteiger partial charge in [-0.15, -0.1) is 0 Å². The van der Waals surface area contributed by atoms with E-state index >= 15 is 0 Å². The van der Waals surface area contributed by atoms with Gasteiger partial charge in [0.05, 0.1) is 6.54 Å². The SMILES string of the molecule is CCNC(=NCCc1cccc(C(=O)N(C)C)c1)N(C)CCOc1ccccc1F. The number of hydrogen-bond acceptors (Lipinski definition) is 3. The van der Waals surface area contributed by atoms with Crippen molar-refractivity contribution in [2.45, 2.75) is 13.3 Å². The second kappa shape index (κ2) is 11.8. The van der Waals surface area contributed by atoms with Crippen LogP contribution in [-0.2, 0) is 6.42 Å². The molecule has 0 aliphatic carbocycles. The molecule has 0 radical (unpaired) electrons. The van der Waals surface area contributed by atoms with Crippen molar-refractivity contribution in [3.05, 3.63) is 65.5 Å². The molecule has 30 heavy (non-hydrogen) atoms. The van der Waals surface area contributed by atoms with E-state index in [4.69, 9.17) is 4.74 Å². The molecule has 0 atom stereocenters. The second-order valence-electron chi connectivity index (χ2n) is 7.09. The maximum absolute atomic E-state index is 13.6. The molecule has 1 N–H and O–H groups in total. The van der Waals surface area contributed by atoms with E-state index in [1.807, 2.05) is 43.1 Å². The van der Waals surface area contributed by atoms with E-state index in [1.54, 1.807) is 37.2 Å². The zero-order chi connectivity index (χ0) is 21.9. The van der Waals surface area contributed by atoms with E-state index in [2.05, 4.69) is 10.3 Å². The normalized spacial score (nSPS) is 11.2. The zero-order valence-corrected chi connectivity index (χ0v) is 18.2. The fourth-order valence-electron chi connectivity index (χ4n) is 2.84. The summed E-state index contributed by atoms with van der Waals surface area (Å²) in [4.78, 5) is 20.3. The van der Waals surface area contributed by atoms with Crippen LogP contribution in [0, 0.1) is 5.82 Å². The van der Waals surface area contributed by atoms with Crippen LogP contribution in [0.5, 0.6) is 5.75 Å². The first-order valence-electron chi connectivity index (χ1n) is 10.1. The van der Waals surface area contributed by atoms with Crippen molar-refractivity contribution in [3.8, 4) is 5.75 Å². The Morgan fingerprint density at radius 2 is 1.90 bits per heavy atom. The van der Waals surface area contributed by atoms with E-state index in [0.29, 0.717) is 25.3 Å². The number of para-hydroxylation sites is 1. The molecular formula is C23H31FN4O2. The lowest BCUT2D eigenvalue weighted by Gasteiger charge is -2.22. The first-order chi connectivity index (χ1) is 14.4. The van der Waals surface area contributed by atoms with E-state index in [0.717, 1.165) is 24.5 Å². The molecule has 0 aromatic heterocycles. The lowest BCUT2D eigenvalue weighted by Crippen LogP contribution is -2.41. The van der Waals surface area contributed by atoms with Gasteiger partial charge in [0.1, 0.15) is 6.61 Å². The molecule has 7 heteroatoms. The molecule has 0 saturated heterocycles. The number of amides is 1. The maximum Gasteiger partial charge on any atom is 0.253 e. The van der Waals surface area contributed by atoms with Crippen LogP contribution < -0.4 is 10.1 Å². The Labute approximate surface area is 178 Å². The number of guanidine groups is 1. The number of carbonyl (C=O) groups excluding carboxylic acids is 1. The van der Waals surface area contributed by atoms with Crippen LogP contribution in [0.4, 0.5) is 4.39 Å². The molecule has 0 spiro atoms. The summed E-state index contributed by atoms with van der Waals surface area (Å²) >= 11 is 0. The van der Waals surface area contributed by atoms with E-state index in [1.165, 1.54) is 6.07 Å². The van der Waals surface area contributed by atoms with Gasteiger partial charge in [0.25, 0.3) is 5.91 Å². The number of ether oxygens (including phenoxy) is 1. The Hall–Kier alpha value is -3.09. The van der Waals surface area contributed by atoms with Gasteiger partial charge in [-0.05, 0) is 43.2 Å². The quantitative estimate of drug-likeness (QED) is 0.506. The minimum atomic E-state index is -0.365. The molecule has 0 saturated carbocycles. The van der Waals surface area contributed by atoms with Gasteiger partial charge in [-0.3, -0.25) is 9.79 Å². The molecule has 2 aromatic carbocycles. The minimum Gasteiger partial charge on any atom is -0.489 e. The van der Waals surface area contributed by atoms with Crippen molar-refractivity contribution >= 4 is 11.9 Å². The Kier molecular flexibility index (Phi) is 9.12. The highest BCUT2D eigenvalue weighted by atomic mass is 19.1. The Morgan fingerprint density at radius 1 is 1.13 bits per heavy atom. The fourth-order valence-corrected chi connectivity index (χ4v) is 2.84. The number of hydrogen-bond donors (Lipinski definition) is 1. The molecule has 0 fully saturated rings. The highest BCUT2D eigenvalue weighted by Gasteiger charge is 2.09. The van der Waals surface area contributed by atoms with Gasteiger partial charge < -0.3 is 19.9 Å². The van der Waals surface area contributed by atoms with Crippen molar-refractivity contribution in [1.29, 1.82) is 0 Å². The number of nitrogens with zero attached hydrogens (tertiary/aromatic N) is 3. The lowest BCUT2D eigenvalue weighted by molar-refractivity contribution is 0.0827. The number of carbonyl (C=O) groups is 1. The van der Waals surface area contributed by atoms with Crippen LogP contribution in [0.15, 0.2) is 53.5 Å². The van der Waals surface area contributed by atoms with Crippen molar-refractivity contribution in [2.75, 3.05) is 47.4 Å². The predicted octanol–water partition coefficient (Wildman–Crippen LogP) is 3.05. The van der Waals surface area contributed by atoms with Gasteiger partial charge in [0, 0.05) is 39.8 Å². The average molecular weight is 415 g/mol. The minimum absolute atomic E-state index is 0.0109. The zero-order valence-electron chi connectivity index (χ0n) is 18.2. The number of likely N-dealkylation sites (N-methyl/N-ethyl adjacent to an activating group) is 1. The van der Waals surface area contributed by atoms with E-state index in [-0.39, 0.29) is 17.5 Å². The van der Waals surface area contributed by atoms with Crippen molar-refractivity contribution in [3.63, 3.8) is 0 Å². The second-order valence-corrected chi connectivity index (χ2v) is 7.09. The molecule has 1 amide bonds. The summed E-state index contributed by atoms with van der Waals surface area (Å²) < 4.78 is 19.2. The summed E-state index contributed by atoms with van der Waals surface area (Å²) in [7, 11) is 5.41. The van der Waals surface area contributed by atoms with Crippen molar-refractivity contribution < 1.29 is 13.9 Å². The smallest absolute Gasteiger partial charge is 0.253 e. The lowest BCUT2D eigenvalue weighted by atomic mass is 10.1. The fraction of sp³-hybridized carbons (Fsp3) is 0.391. The first-order valence-corrected chi connectivity index (χ1v) is 10.1. The van der Waals surface area contributed by atoms with Gasteiger partial charge in [-0.1, -0.05) is 24.3 Å². The third-order valence-electron chi connectivity index (χ3n) is 4.46. The number of aliphatic imine (C=N–C) groups is 1. The van der Waals surface area contributed by atoms with Gasteiger partial charge in [-0.25, -0.2) is 4.39 Å². The third-order valence-corrected chi connectivity index (χ3v) is 4.46. The summed E-state index contributed by atoms with van der Waals surface area (Å²) in [6, 6.07) is 14.0. The Bertz CT molecular complexity index is 855. The average Bonchev–Trinajstić information content (AvgIpc) is 2.74. The topological polar surface area (TPSA) is 57.2 Å². The van der Waals surface area contributed by atoms with E-state index in [9.17, 15) is 9.18 Å². The summed E-state index contributed by atoms with van der Waals surface area (Å²) in [6.45, 7) is 4.24. The standard InChI is InChI=1S/C23H31FN4O2/c1-5-25-23(28(4)15-16-30-21-12-7-6-11-20(21)24)26-14-13-18-9-8-10-19(17-18)22(29)27(2)3/h6-12,17H,5,13-16H2,1-4H3,(H,25,26). The molecule has 6 nitrogen and oxygen atoms in total. The molecular weight excluding hydrogens is 383 g/mol. The van der Waals surface area contributed by atoms with Crippen molar-refractivity contribution in [2.24, 2.45) is 4.99 Å². The first kappa shape index (κ1) is 23.2. The van der Waals surface area contributed by atoms with Crippen LogP contribution in [-0.4, -0.2) is 69.1 Å². The third kappa shape index (κ3) is 7.06. The van der Waals surface area contributed by atoms with E-state index < -0.39 is 0 Å². The summed E-state index contributed by atoms with van der Waals surface area (Å²) in [5.41, 5.74) is 1.74. The summed E-state index contributed by atoms with van der Waals surface area (Å²) in [6.07, 6.45) is 0.725. The number of rotatable bonds is 9. The van der Waals surface area contributed by atoms with Gasteiger partial charge >= 0.3 is 0 Å².